The first-order chi connectivity index (χ1) is 8.00. The fourth-order valence-corrected chi connectivity index (χ4v) is 1.80. The van der Waals surface area contributed by atoms with E-state index in [4.69, 9.17) is 5.73 Å². The third-order valence-corrected chi connectivity index (χ3v) is 2.91. The molecule has 0 saturated heterocycles. The zero-order valence-corrected chi connectivity index (χ0v) is 9.72. The van der Waals surface area contributed by atoms with Crippen molar-refractivity contribution >= 4 is 5.69 Å². The van der Waals surface area contributed by atoms with Gasteiger partial charge in [-0.2, -0.15) is 0 Å². The van der Waals surface area contributed by atoms with E-state index in [-0.39, 0.29) is 5.56 Å². The summed E-state index contributed by atoms with van der Waals surface area (Å²) >= 11 is 0. The number of hydrogen-bond acceptors (Lipinski definition) is 1. The molecular formula is C14H13F2N. The van der Waals surface area contributed by atoms with Crippen molar-refractivity contribution < 1.29 is 8.78 Å². The van der Waals surface area contributed by atoms with E-state index in [0.717, 1.165) is 5.56 Å². The van der Waals surface area contributed by atoms with Gasteiger partial charge in [0, 0.05) is 11.3 Å². The predicted molar refractivity (Wildman–Crippen MR) is 65.7 cm³/mol. The summed E-state index contributed by atoms with van der Waals surface area (Å²) in [5.41, 5.74) is 8.26. The first kappa shape index (κ1) is 11.6. The second-order valence-electron chi connectivity index (χ2n) is 4.10. The Balaban J connectivity index is 2.69. The molecule has 0 fully saturated rings. The number of anilines is 1. The van der Waals surface area contributed by atoms with Crippen LogP contribution in [-0.2, 0) is 0 Å². The highest BCUT2D eigenvalue weighted by molar-refractivity contribution is 5.73. The van der Waals surface area contributed by atoms with Crippen LogP contribution < -0.4 is 5.73 Å². The summed E-state index contributed by atoms with van der Waals surface area (Å²) in [6.45, 7) is 3.33. The van der Waals surface area contributed by atoms with E-state index < -0.39 is 11.6 Å². The molecule has 88 valence electrons. The zero-order chi connectivity index (χ0) is 12.6. The van der Waals surface area contributed by atoms with Gasteiger partial charge in [-0.05, 0) is 48.7 Å². The maximum absolute atomic E-state index is 13.8. The van der Waals surface area contributed by atoms with E-state index >= 15 is 0 Å². The number of rotatable bonds is 1. The third-order valence-electron chi connectivity index (χ3n) is 2.91. The van der Waals surface area contributed by atoms with Crippen molar-refractivity contribution in [3.63, 3.8) is 0 Å². The van der Waals surface area contributed by atoms with Gasteiger partial charge in [0.25, 0.3) is 0 Å². The molecule has 0 heterocycles. The quantitative estimate of drug-likeness (QED) is 0.744. The van der Waals surface area contributed by atoms with Crippen LogP contribution in [0.25, 0.3) is 11.1 Å². The minimum absolute atomic E-state index is 0.248. The van der Waals surface area contributed by atoms with Gasteiger partial charge in [-0.3, -0.25) is 0 Å². The van der Waals surface area contributed by atoms with Crippen LogP contribution in [0.15, 0.2) is 30.3 Å². The van der Waals surface area contributed by atoms with E-state index in [1.807, 2.05) is 0 Å². The zero-order valence-electron chi connectivity index (χ0n) is 9.72. The van der Waals surface area contributed by atoms with Crippen LogP contribution in [0.3, 0.4) is 0 Å². The highest BCUT2D eigenvalue weighted by atomic mass is 19.1. The molecule has 0 amide bonds. The van der Waals surface area contributed by atoms with Gasteiger partial charge in [-0.25, -0.2) is 8.78 Å². The second-order valence-corrected chi connectivity index (χ2v) is 4.10. The molecule has 0 atom stereocenters. The molecular weight excluding hydrogens is 220 g/mol. The minimum atomic E-state index is -0.433. The molecule has 0 aromatic heterocycles. The van der Waals surface area contributed by atoms with Crippen molar-refractivity contribution in [2.24, 2.45) is 0 Å². The van der Waals surface area contributed by atoms with Gasteiger partial charge in [-0.1, -0.05) is 12.1 Å². The molecule has 3 heteroatoms. The van der Waals surface area contributed by atoms with Crippen molar-refractivity contribution in [1.82, 2.24) is 0 Å². The lowest BCUT2D eigenvalue weighted by molar-refractivity contribution is 0.595. The summed E-state index contributed by atoms with van der Waals surface area (Å²) in [7, 11) is 0. The molecule has 0 saturated carbocycles. The lowest BCUT2D eigenvalue weighted by Gasteiger charge is -2.10. The number of aryl methyl sites for hydroxylation is 1. The number of benzene rings is 2. The van der Waals surface area contributed by atoms with Crippen LogP contribution in [0.1, 0.15) is 11.1 Å². The topological polar surface area (TPSA) is 26.0 Å². The van der Waals surface area contributed by atoms with E-state index in [9.17, 15) is 8.78 Å². The third kappa shape index (κ3) is 2.00. The molecule has 2 aromatic rings. The Morgan fingerprint density at radius 3 is 2.35 bits per heavy atom. The van der Waals surface area contributed by atoms with Gasteiger partial charge in [0.15, 0.2) is 0 Å². The molecule has 2 aromatic carbocycles. The van der Waals surface area contributed by atoms with Gasteiger partial charge >= 0.3 is 0 Å². The SMILES string of the molecule is Cc1cc(F)c(-c2cccc(N)c2C)cc1F. The Morgan fingerprint density at radius 2 is 1.65 bits per heavy atom. The largest absolute Gasteiger partial charge is 0.398 e. The number of nitrogen functional groups attached to an aromatic ring is 1. The summed E-state index contributed by atoms with van der Waals surface area (Å²) < 4.78 is 27.3. The van der Waals surface area contributed by atoms with Crippen molar-refractivity contribution in [3.8, 4) is 11.1 Å². The van der Waals surface area contributed by atoms with E-state index in [2.05, 4.69) is 0 Å². The summed E-state index contributed by atoms with van der Waals surface area (Å²) in [6.07, 6.45) is 0. The van der Waals surface area contributed by atoms with Crippen LogP contribution in [0, 0.1) is 25.5 Å². The van der Waals surface area contributed by atoms with Crippen molar-refractivity contribution in [1.29, 1.82) is 0 Å². The van der Waals surface area contributed by atoms with E-state index in [0.29, 0.717) is 16.8 Å². The van der Waals surface area contributed by atoms with E-state index in [1.165, 1.54) is 19.1 Å². The summed E-state index contributed by atoms with van der Waals surface area (Å²) in [5.74, 6) is -0.846. The van der Waals surface area contributed by atoms with Crippen LogP contribution in [0.4, 0.5) is 14.5 Å². The van der Waals surface area contributed by atoms with Crippen LogP contribution in [0.2, 0.25) is 0 Å². The Bertz CT molecular complexity index is 577. The highest BCUT2D eigenvalue weighted by Gasteiger charge is 2.12. The Morgan fingerprint density at radius 1 is 0.941 bits per heavy atom. The Kier molecular flexibility index (Phi) is 2.84. The highest BCUT2D eigenvalue weighted by Crippen LogP contribution is 2.30. The molecule has 0 radical (unpaired) electrons. The van der Waals surface area contributed by atoms with Crippen molar-refractivity contribution in [2.45, 2.75) is 13.8 Å². The average Bonchev–Trinajstić information content (AvgIpc) is 2.28. The van der Waals surface area contributed by atoms with Crippen molar-refractivity contribution in [2.75, 3.05) is 5.73 Å². The molecule has 0 aliphatic carbocycles. The number of nitrogens with two attached hydrogens (primary N) is 1. The molecule has 0 spiro atoms. The fourth-order valence-electron chi connectivity index (χ4n) is 1.80. The number of halogens is 2. The van der Waals surface area contributed by atoms with Crippen molar-refractivity contribution in [3.05, 3.63) is 53.1 Å². The predicted octanol–water partition coefficient (Wildman–Crippen LogP) is 3.83. The van der Waals surface area contributed by atoms with Crippen LogP contribution >= 0.6 is 0 Å². The van der Waals surface area contributed by atoms with Crippen LogP contribution in [0.5, 0.6) is 0 Å². The standard InChI is InChI=1S/C14H13F2N/c1-8-6-13(16)11(7-12(8)15)10-4-3-5-14(17)9(10)2/h3-7H,17H2,1-2H3. The molecule has 0 bridgehead atoms. The molecule has 0 aliphatic rings. The molecule has 1 nitrogen and oxygen atoms in total. The first-order valence-electron chi connectivity index (χ1n) is 5.32. The molecule has 2 N–H and O–H groups in total. The average molecular weight is 233 g/mol. The molecule has 17 heavy (non-hydrogen) atoms. The number of hydrogen-bond donors (Lipinski definition) is 1. The lowest BCUT2D eigenvalue weighted by Crippen LogP contribution is -1.95. The summed E-state index contributed by atoms with van der Waals surface area (Å²) in [4.78, 5) is 0. The van der Waals surface area contributed by atoms with Gasteiger partial charge < -0.3 is 5.73 Å². The minimum Gasteiger partial charge on any atom is -0.398 e. The van der Waals surface area contributed by atoms with E-state index in [1.54, 1.807) is 25.1 Å². The molecule has 0 aliphatic heterocycles. The van der Waals surface area contributed by atoms with Gasteiger partial charge in [-0.15, -0.1) is 0 Å². The maximum Gasteiger partial charge on any atom is 0.131 e. The molecule has 2 rings (SSSR count). The molecule has 0 unspecified atom stereocenters. The van der Waals surface area contributed by atoms with Gasteiger partial charge in [0.05, 0.1) is 0 Å². The van der Waals surface area contributed by atoms with Crippen LogP contribution in [-0.4, -0.2) is 0 Å². The summed E-state index contributed by atoms with van der Waals surface area (Å²) in [5, 5.41) is 0. The fraction of sp³-hybridized carbons (Fsp3) is 0.143. The Hall–Kier alpha value is -1.90. The summed E-state index contributed by atoms with van der Waals surface area (Å²) in [6, 6.07) is 7.62. The Labute approximate surface area is 98.9 Å². The van der Waals surface area contributed by atoms with Gasteiger partial charge in [0.2, 0.25) is 0 Å². The smallest absolute Gasteiger partial charge is 0.131 e. The van der Waals surface area contributed by atoms with Gasteiger partial charge in [0.1, 0.15) is 11.6 Å². The normalized spacial score (nSPS) is 10.6. The first-order valence-corrected chi connectivity index (χ1v) is 5.32. The monoisotopic (exact) mass is 233 g/mol. The second kappa shape index (κ2) is 4.17. The maximum atomic E-state index is 13.8. The lowest BCUT2D eigenvalue weighted by atomic mass is 9.97.